The molecule has 0 heterocycles. The molecule has 0 rings (SSSR count). The van der Waals surface area contributed by atoms with Crippen LogP contribution in [0.3, 0.4) is 0 Å². The maximum Gasteiger partial charge on any atom is 2.00 e. The summed E-state index contributed by atoms with van der Waals surface area (Å²) in [5.41, 5.74) is 0. The van der Waals surface area contributed by atoms with Crippen molar-refractivity contribution >= 4 is 10.0 Å². The Morgan fingerprint density at radius 1 is 0.214 bits per heavy atom. The molecule has 0 nitrogen and oxygen atoms in total. The van der Waals surface area contributed by atoms with Gasteiger partial charge in [0.2, 0.25) is 0 Å². The molecule has 0 unspecified atom stereocenters. The first-order valence-corrected chi connectivity index (χ1v) is 22.3. The minimum Gasteiger partial charge on any atom is -0.733 e. The molecule has 0 aliphatic carbocycles. The van der Waals surface area contributed by atoms with Crippen LogP contribution >= 0.6 is 0 Å². The van der Waals surface area contributed by atoms with Gasteiger partial charge >= 0.3 is 17.1 Å². The Kier molecular flexibility index (Phi) is 40.8. The average Bonchev–Trinajstić information content (AvgIpc) is 2.98. The van der Waals surface area contributed by atoms with Gasteiger partial charge in [-0.25, -0.2) is 23.0 Å². The Hall–Kier alpha value is 0.869. The van der Waals surface area contributed by atoms with Gasteiger partial charge in [0.05, 0.1) is 0 Å². The normalized spacial score (nSPS) is 12.1. The van der Waals surface area contributed by atoms with Crippen molar-refractivity contribution in [1.29, 1.82) is 0 Å². The molecule has 2 heteroatoms. The fourth-order valence-electron chi connectivity index (χ4n) is 6.78. The molecule has 0 amide bonds. The zero-order chi connectivity index (χ0) is 30.0. The Morgan fingerprint density at radius 3 is 0.524 bits per heavy atom. The van der Waals surface area contributed by atoms with Gasteiger partial charge in [0.25, 0.3) is 0 Å². The molecule has 0 aromatic rings. The van der Waals surface area contributed by atoms with Gasteiger partial charge in [-0.2, -0.15) is 0 Å². The van der Waals surface area contributed by atoms with Crippen molar-refractivity contribution in [3.8, 4) is 0 Å². The van der Waals surface area contributed by atoms with Gasteiger partial charge in [0, 0.05) is 0 Å². The molecule has 0 N–H and O–H groups in total. The zero-order valence-corrected chi connectivity index (χ0v) is 31.9. The summed E-state index contributed by atoms with van der Waals surface area (Å²) in [5, 5.41) is 0. The van der Waals surface area contributed by atoms with E-state index in [9.17, 15) is 0 Å². The summed E-state index contributed by atoms with van der Waals surface area (Å²) in [6.45, 7) is 9.36. The van der Waals surface area contributed by atoms with Gasteiger partial charge in [-0.3, -0.25) is 0 Å². The quantitative estimate of drug-likeness (QED) is 0.0463. The number of hydrogen-bond donors (Lipinski definition) is 0. The fourth-order valence-corrected chi connectivity index (χ4v) is 11.3. The Morgan fingerprint density at radius 2 is 0.357 bits per heavy atom. The minimum atomic E-state index is -0.402. The molecule has 0 aliphatic rings. The van der Waals surface area contributed by atoms with Crippen LogP contribution < -0.4 is 0 Å². The van der Waals surface area contributed by atoms with Crippen LogP contribution in [0.2, 0.25) is 0 Å². The summed E-state index contributed by atoms with van der Waals surface area (Å²) in [6, 6.07) is 0. The smallest absolute Gasteiger partial charge is 0.733 e. The van der Waals surface area contributed by atoms with Crippen LogP contribution in [0.15, 0.2) is 0 Å². The fraction of sp³-hybridized carbons (Fsp3) is 1.00. The molecule has 0 saturated carbocycles. The summed E-state index contributed by atoms with van der Waals surface area (Å²) < 4.78 is 0. The van der Waals surface area contributed by atoms with Crippen LogP contribution in [0.25, 0.3) is 0 Å². The van der Waals surface area contributed by atoms with Crippen molar-refractivity contribution in [2.75, 3.05) is 23.0 Å². The van der Waals surface area contributed by atoms with Gasteiger partial charge in [0.15, 0.2) is 0 Å². The summed E-state index contributed by atoms with van der Waals surface area (Å²) in [5.74, 6) is 6.52. The number of hydrogen-bond acceptors (Lipinski definition) is 0. The van der Waals surface area contributed by atoms with Crippen LogP contribution in [0, 0.1) is 0 Å². The second-order valence-corrected chi connectivity index (χ2v) is 18.0. The van der Waals surface area contributed by atoms with Gasteiger partial charge in [-0.15, -0.1) is 0 Å². The number of rotatable bonds is 36. The average molecular weight is 661 g/mol. The molecule has 0 saturated heterocycles. The van der Waals surface area contributed by atoms with E-state index in [2.05, 4.69) is 27.7 Å². The summed E-state index contributed by atoms with van der Waals surface area (Å²) >= 11 is 0. The summed E-state index contributed by atoms with van der Waals surface area (Å²) in [7, 11) is -0.402. The third-order valence-electron chi connectivity index (χ3n) is 9.72. The van der Waals surface area contributed by atoms with Crippen LogP contribution in [0.1, 0.15) is 233 Å². The van der Waals surface area contributed by atoms with Crippen LogP contribution in [0.5, 0.6) is 0 Å². The summed E-state index contributed by atoms with van der Waals surface area (Å²) in [6.07, 6.45) is 47.4. The molecular formula is C40H84CuS. The topological polar surface area (TPSA) is 0 Å². The maximum absolute atomic E-state index is 2.34. The van der Waals surface area contributed by atoms with Crippen molar-refractivity contribution in [3.63, 3.8) is 0 Å². The Balaban J connectivity index is 0. The van der Waals surface area contributed by atoms with Crippen LogP contribution in [-0.2, 0) is 27.1 Å². The predicted molar refractivity (Wildman–Crippen MR) is 197 cm³/mol. The molecule has 0 atom stereocenters. The first-order chi connectivity index (χ1) is 20.2. The zero-order valence-electron chi connectivity index (χ0n) is 30.2. The third-order valence-corrected chi connectivity index (χ3v) is 14.3. The first-order valence-electron chi connectivity index (χ1n) is 20.0. The van der Waals surface area contributed by atoms with Crippen molar-refractivity contribution in [3.05, 3.63) is 0 Å². The van der Waals surface area contributed by atoms with Crippen molar-refractivity contribution < 1.29 is 17.1 Å². The van der Waals surface area contributed by atoms with Crippen LogP contribution in [-0.4, -0.2) is 23.0 Å². The largest absolute Gasteiger partial charge is 2.00 e. The molecule has 0 fully saturated rings. The van der Waals surface area contributed by atoms with Gasteiger partial charge in [-0.1, -0.05) is 233 Å². The monoisotopic (exact) mass is 660 g/mol. The van der Waals surface area contributed by atoms with Crippen molar-refractivity contribution in [2.45, 2.75) is 233 Å². The first kappa shape index (κ1) is 45.0. The Labute approximate surface area is 282 Å². The van der Waals surface area contributed by atoms with E-state index in [1.165, 1.54) is 180 Å². The van der Waals surface area contributed by atoms with E-state index in [1.54, 1.807) is 48.7 Å². The van der Waals surface area contributed by atoms with E-state index in [0.29, 0.717) is 0 Å². The molecule has 0 aromatic carbocycles. The van der Waals surface area contributed by atoms with Gasteiger partial charge < -0.3 is 10.0 Å². The van der Waals surface area contributed by atoms with E-state index >= 15 is 0 Å². The molecular weight excluding hydrogens is 576 g/mol. The Bertz CT molecular complexity index is 379. The van der Waals surface area contributed by atoms with E-state index in [-0.39, 0.29) is 17.1 Å². The van der Waals surface area contributed by atoms with E-state index in [0.717, 1.165) is 0 Å². The standard InChI is InChI=1S/C40H84S.Cu/c1-5-9-13-17-21-25-29-33-37-41(38-34-30-26-22-18-14-10-6-2,39-35-31-27-23-19-15-11-7-3)40-36-32-28-24-20-16-12-8-4;/h5-40H2,1-4H3;/q-2;+2. The van der Waals surface area contributed by atoms with E-state index < -0.39 is 10.0 Å². The summed E-state index contributed by atoms with van der Waals surface area (Å²) in [4.78, 5) is 0. The number of unbranched alkanes of at least 4 members (excludes halogenated alkanes) is 28. The SMILES string of the molecule is CCCCCCCCCC[S-2](CCCCCCCCCC)(CCCCCCCCCC)CCCCCCCCCC.[Cu+2]. The van der Waals surface area contributed by atoms with Crippen LogP contribution in [0.4, 0.5) is 0 Å². The molecule has 42 heavy (non-hydrogen) atoms. The predicted octanol–water partition coefficient (Wildman–Crippen LogP) is 14.7. The van der Waals surface area contributed by atoms with Crippen molar-refractivity contribution in [2.24, 2.45) is 0 Å². The molecule has 1 radical (unpaired) electrons. The van der Waals surface area contributed by atoms with E-state index in [1.807, 2.05) is 0 Å². The molecule has 0 aliphatic heterocycles. The molecule has 0 aromatic heterocycles. The van der Waals surface area contributed by atoms with Gasteiger partial charge in [0.1, 0.15) is 0 Å². The van der Waals surface area contributed by atoms with Gasteiger partial charge in [-0.05, 0) is 0 Å². The molecule has 261 valence electrons. The second-order valence-electron chi connectivity index (χ2n) is 13.9. The molecule has 0 bridgehead atoms. The van der Waals surface area contributed by atoms with E-state index in [4.69, 9.17) is 0 Å². The van der Waals surface area contributed by atoms with Crippen molar-refractivity contribution in [1.82, 2.24) is 0 Å². The molecule has 0 spiro atoms. The third kappa shape index (κ3) is 32.3. The minimum absolute atomic E-state index is 0. The second kappa shape index (κ2) is 38.1. The maximum atomic E-state index is 2.34.